The second kappa shape index (κ2) is 7.96. The van der Waals surface area contributed by atoms with Crippen LogP contribution in [-0.4, -0.2) is 28.7 Å². The van der Waals surface area contributed by atoms with Gasteiger partial charge in [0, 0.05) is 27.4 Å². The van der Waals surface area contributed by atoms with E-state index in [1.165, 1.54) is 24.3 Å². The largest absolute Gasteiger partial charge is 0.496 e. The summed E-state index contributed by atoms with van der Waals surface area (Å²) in [4.78, 5) is 15.0. The fourth-order valence-corrected chi connectivity index (χ4v) is 4.41. The number of carbonyl (C=O) groups is 1. The Hall–Kier alpha value is -2.94. The van der Waals surface area contributed by atoms with Crippen molar-refractivity contribution in [3.8, 4) is 5.75 Å². The molecule has 0 radical (unpaired) electrons. The number of anilines is 1. The highest BCUT2D eigenvalue weighted by atomic mass is 32.2. The second-order valence-corrected chi connectivity index (χ2v) is 8.55. The van der Waals surface area contributed by atoms with Crippen molar-refractivity contribution in [1.29, 1.82) is 0 Å². The second-order valence-electron chi connectivity index (χ2n) is 7.42. The van der Waals surface area contributed by atoms with Gasteiger partial charge >= 0.3 is 5.51 Å². The first kappa shape index (κ1) is 21.3. The number of nitrogens with zero attached hydrogens (tertiary/aromatic N) is 2. The number of ether oxygens (including phenoxy) is 1. The number of benzene rings is 2. The number of fused-ring (bicyclic) bond motifs is 1. The van der Waals surface area contributed by atoms with Crippen molar-refractivity contribution < 1.29 is 22.7 Å². The lowest BCUT2D eigenvalue weighted by atomic mass is 9.94. The van der Waals surface area contributed by atoms with Crippen molar-refractivity contribution in [1.82, 2.24) is 10.2 Å². The smallest absolute Gasteiger partial charge is 0.446 e. The van der Waals surface area contributed by atoms with E-state index >= 15 is 0 Å². The van der Waals surface area contributed by atoms with E-state index in [0.717, 1.165) is 16.8 Å². The molecule has 9 heteroatoms. The predicted molar refractivity (Wildman–Crippen MR) is 113 cm³/mol. The van der Waals surface area contributed by atoms with E-state index in [0.29, 0.717) is 17.1 Å². The molecule has 1 aromatic heterocycles. The molecule has 3 aromatic rings. The summed E-state index contributed by atoms with van der Waals surface area (Å²) >= 11 is -0.189. The molecular formula is C22H20F3N3O2S. The molecule has 0 spiro atoms. The molecule has 1 unspecified atom stereocenters. The summed E-state index contributed by atoms with van der Waals surface area (Å²) in [5.41, 5.74) is -1.20. The summed E-state index contributed by atoms with van der Waals surface area (Å²) in [6.07, 6.45) is 0. The number of halogens is 3. The predicted octanol–water partition coefficient (Wildman–Crippen LogP) is 5.90. The van der Waals surface area contributed by atoms with E-state index in [2.05, 4.69) is 10.2 Å². The fourth-order valence-electron chi connectivity index (χ4n) is 3.87. The molecule has 1 aliphatic rings. The van der Waals surface area contributed by atoms with Crippen LogP contribution in [-0.2, 0) is 0 Å². The lowest BCUT2D eigenvalue weighted by molar-refractivity contribution is -0.0328. The SMILES string of the molecule is COc1ccccc1C1c2c(n[nH]c2C(C)C)C(=O)N1c1ccc(SC(F)(F)F)cc1. The highest BCUT2D eigenvalue weighted by Gasteiger charge is 2.44. The van der Waals surface area contributed by atoms with Crippen molar-refractivity contribution in [2.24, 2.45) is 0 Å². The maximum Gasteiger partial charge on any atom is 0.446 e. The molecule has 0 bridgehead atoms. The van der Waals surface area contributed by atoms with Gasteiger partial charge in [-0.2, -0.15) is 18.3 Å². The molecule has 1 aliphatic heterocycles. The number of methoxy groups -OCH3 is 1. The van der Waals surface area contributed by atoms with Gasteiger partial charge in [0.05, 0.1) is 13.2 Å². The van der Waals surface area contributed by atoms with Crippen LogP contribution in [0.1, 0.15) is 53.1 Å². The average molecular weight is 447 g/mol. The summed E-state index contributed by atoms with van der Waals surface area (Å²) in [5.74, 6) is 0.385. The normalized spacial score (nSPS) is 16.2. The van der Waals surface area contributed by atoms with Crippen LogP contribution in [0.3, 0.4) is 0 Å². The quantitative estimate of drug-likeness (QED) is 0.495. The Morgan fingerprint density at radius 3 is 2.42 bits per heavy atom. The molecule has 5 nitrogen and oxygen atoms in total. The van der Waals surface area contributed by atoms with Crippen LogP contribution in [0.4, 0.5) is 18.9 Å². The molecule has 162 valence electrons. The van der Waals surface area contributed by atoms with E-state index in [4.69, 9.17) is 4.74 Å². The highest BCUT2D eigenvalue weighted by Crippen LogP contribution is 2.46. The van der Waals surface area contributed by atoms with Gasteiger partial charge in [-0.1, -0.05) is 32.0 Å². The minimum atomic E-state index is -4.38. The van der Waals surface area contributed by atoms with Crippen LogP contribution < -0.4 is 9.64 Å². The Balaban J connectivity index is 1.84. The third-order valence-electron chi connectivity index (χ3n) is 5.15. The number of alkyl halides is 3. The summed E-state index contributed by atoms with van der Waals surface area (Å²) in [5, 5.41) is 7.25. The molecule has 0 fully saturated rings. The number of aromatic amines is 1. The zero-order valence-electron chi connectivity index (χ0n) is 17.0. The van der Waals surface area contributed by atoms with Gasteiger partial charge in [0.1, 0.15) is 5.75 Å². The highest BCUT2D eigenvalue weighted by molar-refractivity contribution is 8.00. The first-order valence-corrected chi connectivity index (χ1v) is 10.4. The number of thioether (sulfide) groups is 1. The fraction of sp³-hybridized carbons (Fsp3) is 0.273. The third kappa shape index (κ3) is 3.89. The number of H-pyrrole nitrogens is 1. The van der Waals surface area contributed by atoms with Crippen molar-refractivity contribution in [2.45, 2.75) is 36.2 Å². The molecule has 1 N–H and O–H groups in total. The zero-order valence-corrected chi connectivity index (χ0v) is 17.8. The van der Waals surface area contributed by atoms with Gasteiger partial charge in [0.2, 0.25) is 0 Å². The van der Waals surface area contributed by atoms with Gasteiger partial charge in [-0.05, 0) is 48.0 Å². The number of carbonyl (C=O) groups excluding carboxylic acids is 1. The Kier molecular flexibility index (Phi) is 5.47. The minimum Gasteiger partial charge on any atom is -0.496 e. The summed E-state index contributed by atoms with van der Waals surface area (Å²) < 4.78 is 43.7. The zero-order chi connectivity index (χ0) is 22.3. The molecule has 31 heavy (non-hydrogen) atoms. The van der Waals surface area contributed by atoms with E-state index in [1.807, 2.05) is 38.1 Å². The molecule has 0 saturated carbocycles. The van der Waals surface area contributed by atoms with Crippen LogP contribution >= 0.6 is 11.8 Å². The Bertz CT molecular complexity index is 1110. The van der Waals surface area contributed by atoms with Gasteiger partial charge in [-0.3, -0.25) is 14.8 Å². The molecule has 2 aromatic carbocycles. The van der Waals surface area contributed by atoms with Crippen molar-refractivity contribution >= 4 is 23.4 Å². The van der Waals surface area contributed by atoms with E-state index in [1.54, 1.807) is 12.0 Å². The van der Waals surface area contributed by atoms with Gasteiger partial charge in [0.15, 0.2) is 5.69 Å². The molecule has 0 aliphatic carbocycles. The maximum absolute atomic E-state index is 13.3. The van der Waals surface area contributed by atoms with E-state index in [9.17, 15) is 18.0 Å². The summed E-state index contributed by atoms with van der Waals surface area (Å²) in [6, 6.07) is 12.7. The molecule has 1 atom stereocenters. The van der Waals surface area contributed by atoms with Crippen LogP contribution in [0.2, 0.25) is 0 Å². The van der Waals surface area contributed by atoms with Gasteiger partial charge in [0.25, 0.3) is 5.91 Å². The lowest BCUT2D eigenvalue weighted by Gasteiger charge is -2.28. The number of nitrogens with one attached hydrogen (secondary N) is 1. The van der Waals surface area contributed by atoms with Crippen LogP contribution in [0, 0.1) is 0 Å². The van der Waals surface area contributed by atoms with Crippen LogP contribution in [0.15, 0.2) is 53.4 Å². The van der Waals surface area contributed by atoms with Gasteiger partial charge < -0.3 is 4.74 Å². The number of para-hydroxylation sites is 1. The van der Waals surface area contributed by atoms with Gasteiger partial charge in [-0.25, -0.2) is 0 Å². The number of rotatable bonds is 5. The first-order chi connectivity index (χ1) is 14.7. The monoisotopic (exact) mass is 447 g/mol. The van der Waals surface area contributed by atoms with Crippen molar-refractivity contribution in [2.75, 3.05) is 12.0 Å². The molecular weight excluding hydrogens is 427 g/mol. The number of aromatic nitrogens is 2. The van der Waals surface area contributed by atoms with Crippen LogP contribution in [0.25, 0.3) is 0 Å². The third-order valence-corrected chi connectivity index (χ3v) is 5.89. The maximum atomic E-state index is 13.3. The molecule has 2 heterocycles. The number of hydrogen-bond donors (Lipinski definition) is 1. The Morgan fingerprint density at radius 2 is 1.81 bits per heavy atom. The standard InChI is InChI=1S/C22H20F3N3O2S/c1-12(2)18-17-19(27-26-18)21(29)28(20(17)15-6-4-5-7-16(15)30-3)13-8-10-14(11-9-13)31-22(23,24)25/h4-12,20H,1-3H3,(H,26,27). The summed E-state index contributed by atoms with van der Waals surface area (Å²) in [6.45, 7) is 4.01. The lowest BCUT2D eigenvalue weighted by Crippen LogP contribution is -2.29. The van der Waals surface area contributed by atoms with Crippen molar-refractivity contribution in [3.05, 3.63) is 71.0 Å². The first-order valence-electron chi connectivity index (χ1n) is 9.61. The molecule has 1 amide bonds. The average Bonchev–Trinajstić information content (AvgIpc) is 3.27. The Labute approximate surface area is 181 Å². The molecule has 4 rings (SSSR count). The number of hydrogen-bond acceptors (Lipinski definition) is 4. The minimum absolute atomic E-state index is 0.0537. The molecule has 0 saturated heterocycles. The van der Waals surface area contributed by atoms with Crippen molar-refractivity contribution in [3.63, 3.8) is 0 Å². The van der Waals surface area contributed by atoms with Crippen LogP contribution in [0.5, 0.6) is 5.75 Å². The Morgan fingerprint density at radius 1 is 1.13 bits per heavy atom. The van der Waals surface area contributed by atoms with E-state index in [-0.39, 0.29) is 28.5 Å². The number of amides is 1. The summed E-state index contributed by atoms with van der Waals surface area (Å²) in [7, 11) is 1.56. The topological polar surface area (TPSA) is 58.2 Å². The van der Waals surface area contributed by atoms with E-state index < -0.39 is 11.6 Å². The van der Waals surface area contributed by atoms with Gasteiger partial charge in [-0.15, -0.1) is 0 Å².